The van der Waals surface area contributed by atoms with E-state index in [9.17, 15) is 4.79 Å². The Bertz CT molecular complexity index is 285. The SMILES string of the molecule is CCCOCCOCC(C)(C)C(OC(=O)C(C)C)C(C)C. The van der Waals surface area contributed by atoms with Crippen molar-refractivity contribution in [2.24, 2.45) is 17.3 Å². The number of rotatable bonds is 11. The summed E-state index contributed by atoms with van der Waals surface area (Å²) in [5.41, 5.74) is -0.219. The van der Waals surface area contributed by atoms with Crippen molar-refractivity contribution in [3.63, 3.8) is 0 Å². The van der Waals surface area contributed by atoms with Crippen LogP contribution in [0.3, 0.4) is 0 Å². The molecule has 0 aliphatic rings. The molecule has 0 saturated heterocycles. The molecule has 0 aliphatic heterocycles. The minimum Gasteiger partial charge on any atom is -0.461 e. The molecule has 0 aliphatic carbocycles. The highest BCUT2D eigenvalue weighted by molar-refractivity contribution is 5.71. The largest absolute Gasteiger partial charge is 0.461 e. The Balaban J connectivity index is 4.34. The second-order valence-corrected chi connectivity index (χ2v) is 6.91. The van der Waals surface area contributed by atoms with Gasteiger partial charge in [-0.2, -0.15) is 0 Å². The third kappa shape index (κ3) is 8.42. The maximum atomic E-state index is 11.9. The average Bonchev–Trinajstić information content (AvgIpc) is 2.38. The van der Waals surface area contributed by atoms with Gasteiger partial charge in [0.25, 0.3) is 0 Å². The molecule has 126 valence electrons. The molecular formula is C17H34O4. The molecule has 0 aromatic heterocycles. The van der Waals surface area contributed by atoms with Gasteiger partial charge in [0.05, 0.1) is 25.7 Å². The maximum absolute atomic E-state index is 11.9. The van der Waals surface area contributed by atoms with Crippen molar-refractivity contribution in [2.75, 3.05) is 26.4 Å². The molecule has 0 rings (SSSR count). The van der Waals surface area contributed by atoms with Crippen LogP contribution in [0.1, 0.15) is 54.9 Å². The van der Waals surface area contributed by atoms with Crippen molar-refractivity contribution in [2.45, 2.75) is 61.0 Å². The van der Waals surface area contributed by atoms with E-state index in [1.165, 1.54) is 0 Å². The third-order valence-electron chi connectivity index (χ3n) is 3.28. The molecule has 0 bridgehead atoms. The van der Waals surface area contributed by atoms with Crippen LogP contribution in [0.5, 0.6) is 0 Å². The van der Waals surface area contributed by atoms with E-state index < -0.39 is 0 Å². The lowest BCUT2D eigenvalue weighted by Crippen LogP contribution is -2.42. The van der Waals surface area contributed by atoms with Crippen molar-refractivity contribution < 1.29 is 19.0 Å². The number of hydrogen-bond acceptors (Lipinski definition) is 4. The van der Waals surface area contributed by atoms with Gasteiger partial charge in [0.2, 0.25) is 0 Å². The lowest BCUT2D eigenvalue weighted by molar-refractivity contribution is -0.166. The second kappa shape index (κ2) is 10.2. The first-order valence-corrected chi connectivity index (χ1v) is 8.08. The predicted molar refractivity (Wildman–Crippen MR) is 85.3 cm³/mol. The summed E-state index contributed by atoms with van der Waals surface area (Å²) >= 11 is 0. The first kappa shape index (κ1) is 20.4. The topological polar surface area (TPSA) is 44.8 Å². The fraction of sp³-hybridized carbons (Fsp3) is 0.941. The van der Waals surface area contributed by atoms with Crippen molar-refractivity contribution in [1.82, 2.24) is 0 Å². The number of carbonyl (C=O) groups excluding carboxylic acids is 1. The Labute approximate surface area is 130 Å². The van der Waals surface area contributed by atoms with Gasteiger partial charge in [-0.15, -0.1) is 0 Å². The molecule has 0 spiro atoms. The molecule has 1 unspecified atom stereocenters. The number of ether oxygens (including phenoxy) is 3. The van der Waals surface area contributed by atoms with Gasteiger partial charge in [0, 0.05) is 12.0 Å². The quantitative estimate of drug-likeness (QED) is 0.431. The summed E-state index contributed by atoms with van der Waals surface area (Å²) in [4.78, 5) is 11.9. The Hall–Kier alpha value is -0.610. The fourth-order valence-corrected chi connectivity index (χ4v) is 2.24. The van der Waals surface area contributed by atoms with Gasteiger partial charge in [0.1, 0.15) is 6.10 Å². The molecule has 21 heavy (non-hydrogen) atoms. The predicted octanol–water partition coefficient (Wildman–Crippen LogP) is 3.68. The highest BCUT2D eigenvalue weighted by Gasteiger charge is 2.35. The summed E-state index contributed by atoms with van der Waals surface area (Å²) in [6.07, 6.45) is 0.871. The van der Waals surface area contributed by atoms with Gasteiger partial charge >= 0.3 is 5.97 Å². The van der Waals surface area contributed by atoms with Gasteiger partial charge in [-0.05, 0) is 12.3 Å². The van der Waals surface area contributed by atoms with Gasteiger partial charge in [-0.1, -0.05) is 48.5 Å². The van der Waals surface area contributed by atoms with Crippen molar-refractivity contribution in [3.8, 4) is 0 Å². The van der Waals surface area contributed by atoms with Crippen LogP contribution in [-0.2, 0) is 19.0 Å². The van der Waals surface area contributed by atoms with E-state index in [2.05, 4.69) is 34.6 Å². The second-order valence-electron chi connectivity index (χ2n) is 6.91. The lowest BCUT2D eigenvalue weighted by Gasteiger charge is -2.36. The van der Waals surface area contributed by atoms with Crippen LogP contribution < -0.4 is 0 Å². The highest BCUT2D eigenvalue weighted by atomic mass is 16.6. The normalized spacial score (nSPS) is 13.8. The lowest BCUT2D eigenvalue weighted by atomic mass is 9.81. The van der Waals surface area contributed by atoms with Crippen LogP contribution in [0, 0.1) is 17.3 Å². The molecule has 4 nitrogen and oxygen atoms in total. The highest BCUT2D eigenvalue weighted by Crippen LogP contribution is 2.30. The van der Waals surface area contributed by atoms with Gasteiger partial charge < -0.3 is 14.2 Å². The van der Waals surface area contributed by atoms with Crippen LogP contribution in [0.4, 0.5) is 0 Å². The third-order valence-corrected chi connectivity index (χ3v) is 3.28. The van der Waals surface area contributed by atoms with E-state index in [4.69, 9.17) is 14.2 Å². The minimum atomic E-state index is -0.219. The van der Waals surface area contributed by atoms with E-state index in [1.54, 1.807) is 0 Å². The average molecular weight is 302 g/mol. The van der Waals surface area contributed by atoms with Crippen molar-refractivity contribution in [3.05, 3.63) is 0 Å². The van der Waals surface area contributed by atoms with E-state index >= 15 is 0 Å². The summed E-state index contributed by atoms with van der Waals surface area (Å²) in [6, 6.07) is 0. The first-order chi connectivity index (χ1) is 9.72. The Morgan fingerprint density at radius 3 is 2.05 bits per heavy atom. The molecule has 0 amide bonds. The zero-order valence-electron chi connectivity index (χ0n) is 14.9. The van der Waals surface area contributed by atoms with Crippen LogP contribution in [0.2, 0.25) is 0 Å². The molecule has 0 fully saturated rings. The molecular weight excluding hydrogens is 268 g/mol. The molecule has 1 atom stereocenters. The standard InChI is InChI=1S/C17H34O4/c1-8-9-19-10-11-20-12-17(6,7)15(13(2)3)21-16(18)14(4)5/h13-15H,8-12H2,1-7H3. The van der Waals surface area contributed by atoms with Crippen LogP contribution in [-0.4, -0.2) is 38.5 Å². The van der Waals surface area contributed by atoms with Crippen molar-refractivity contribution >= 4 is 5.97 Å². The number of hydrogen-bond donors (Lipinski definition) is 0. The molecule has 4 heteroatoms. The molecule has 0 N–H and O–H groups in total. The summed E-state index contributed by atoms with van der Waals surface area (Å²) < 4.78 is 16.8. The van der Waals surface area contributed by atoms with Crippen LogP contribution >= 0.6 is 0 Å². The van der Waals surface area contributed by atoms with Gasteiger partial charge in [0.15, 0.2) is 0 Å². The number of carbonyl (C=O) groups is 1. The molecule has 0 radical (unpaired) electrons. The fourth-order valence-electron chi connectivity index (χ4n) is 2.24. The van der Waals surface area contributed by atoms with E-state index in [1.807, 2.05) is 13.8 Å². The Morgan fingerprint density at radius 2 is 1.57 bits per heavy atom. The van der Waals surface area contributed by atoms with Crippen molar-refractivity contribution in [1.29, 1.82) is 0 Å². The smallest absolute Gasteiger partial charge is 0.308 e. The van der Waals surface area contributed by atoms with Gasteiger partial charge in [-0.3, -0.25) is 4.79 Å². The van der Waals surface area contributed by atoms with Crippen LogP contribution in [0.25, 0.3) is 0 Å². The minimum absolute atomic E-state index is 0.106. The zero-order valence-corrected chi connectivity index (χ0v) is 14.9. The van der Waals surface area contributed by atoms with E-state index in [-0.39, 0.29) is 29.3 Å². The molecule has 0 aromatic carbocycles. The maximum Gasteiger partial charge on any atom is 0.308 e. The molecule has 0 saturated carbocycles. The summed E-state index contributed by atoms with van der Waals surface area (Å²) in [7, 11) is 0. The molecule has 0 heterocycles. The Kier molecular flexibility index (Phi) is 9.88. The monoisotopic (exact) mass is 302 g/mol. The van der Waals surface area contributed by atoms with Crippen LogP contribution in [0.15, 0.2) is 0 Å². The van der Waals surface area contributed by atoms with E-state index in [0.29, 0.717) is 19.8 Å². The summed E-state index contributed by atoms with van der Waals surface area (Å²) in [6.45, 7) is 16.6. The van der Waals surface area contributed by atoms with Gasteiger partial charge in [-0.25, -0.2) is 0 Å². The van der Waals surface area contributed by atoms with E-state index in [0.717, 1.165) is 13.0 Å². The summed E-state index contributed by atoms with van der Waals surface area (Å²) in [5.74, 6) is 0.00103. The Morgan fingerprint density at radius 1 is 1.00 bits per heavy atom. The summed E-state index contributed by atoms with van der Waals surface area (Å²) in [5, 5.41) is 0. The first-order valence-electron chi connectivity index (χ1n) is 8.08. The number of esters is 1. The zero-order chi connectivity index (χ0) is 16.5. The molecule has 0 aromatic rings.